The number of halogens is 2. The molecule has 2 fully saturated rings. The number of hydrogen-bond donors (Lipinski definition) is 1. The van der Waals surface area contributed by atoms with Gasteiger partial charge in [0, 0.05) is 46.3 Å². The Morgan fingerprint density at radius 1 is 1.33 bits per heavy atom. The van der Waals surface area contributed by atoms with Crippen molar-refractivity contribution in [3.05, 3.63) is 15.9 Å². The van der Waals surface area contributed by atoms with Gasteiger partial charge in [-0.3, -0.25) is 14.4 Å². The second-order valence-electron chi connectivity index (χ2n) is 6.62. The molecule has 0 aromatic carbocycles. The van der Waals surface area contributed by atoms with Gasteiger partial charge in [-0.1, -0.05) is 0 Å². The Hall–Kier alpha value is -0.630. The molecule has 1 aromatic heterocycles. The van der Waals surface area contributed by atoms with Gasteiger partial charge in [-0.05, 0) is 42.2 Å². The van der Waals surface area contributed by atoms with Crippen LogP contribution < -0.4 is 5.32 Å². The van der Waals surface area contributed by atoms with E-state index in [4.69, 9.17) is 0 Å². The second kappa shape index (κ2) is 8.65. The van der Waals surface area contributed by atoms with Crippen molar-refractivity contribution in [1.29, 1.82) is 0 Å². The maximum Gasteiger partial charge on any atom is 0.227 e. The summed E-state index contributed by atoms with van der Waals surface area (Å²) in [7, 11) is 1.99. The number of piperidine rings is 1. The molecule has 2 aliphatic heterocycles. The third kappa shape index (κ3) is 4.31. The fourth-order valence-electron chi connectivity index (χ4n) is 3.61. The molecule has 2 saturated heterocycles. The van der Waals surface area contributed by atoms with Crippen LogP contribution in [-0.2, 0) is 18.4 Å². The van der Waals surface area contributed by atoms with Crippen molar-refractivity contribution < 1.29 is 4.79 Å². The van der Waals surface area contributed by atoms with Crippen molar-refractivity contribution in [2.45, 2.75) is 26.3 Å². The molecule has 8 heteroatoms. The Bertz CT molecular complexity index is 573. The lowest BCUT2D eigenvalue weighted by atomic mass is 9.96. The van der Waals surface area contributed by atoms with Gasteiger partial charge in [0.15, 0.2) is 0 Å². The summed E-state index contributed by atoms with van der Waals surface area (Å²) in [5, 5.41) is 7.77. The highest BCUT2D eigenvalue weighted by molar-refractivity contribution is 9.10. The molecule has 1 N–H and O–H groups in total. The molecular formula is C16H27BrClN5O. The average molecular weight is 421 g/mol. The zero-order valence-corrected chi connectivity index (χ0v) is 16.8. The summed E-state index contributed by atoms with van der Waals surface area (Å²) >= 11 is 3.64. The molecule has 0 spiro atoms. The number of carbonyl (C=O) groups excluding carboxylic acids is 1. The monoisotopic (exact) mass is 419 g/mol. The van der Waals surface area contributed by atoms with Crippen molar-refractivity contribution in [2.75, 3.05) is 39.3 Å². The van der Waals surface area contributed by atoms with Crippen molar-refractivity contribution in [3.8, 4) is 0 Å². The van der Waals surface area contributed by atoms with Crippen LogP contribution in [0.3, 0.4) is 0 Å². The van der Waals surface area contributed by atoms with Crippen molar-refractivity contribution in [1.82, 2.24) is 24.9 Å². The zero-order chi connectivity index (χ0) is 16.4. The molecule has 2 aliphatic rings. The molecule has 0 aliphatic carbocycles. The number of nitrogens with one attached hydrogen (secondary N) is 1. The molecule has 6 nitrogen and oxygen atoms in total. The number of hydrogen-bond acceptors (Lipinski definition) is 4. The van der Waals surface area contributed by atoms with E-state index in [1.54, 1.807) is 0 Å². The van der Waals surface area contributed by atoms with Gasteiger partial charge in [0.1, 0.15) is 0 Å². The van der Waals surface area contributed by atoms with Gasteiger partial charge in [-0.25, -0.2) is 0 Å². The molecule has 1 amide bonds. The number of carbonyl (C=O) groups is 1. The summed E-state index contributed by atoms with van der Waals surface area (Å²) in [4.78, 5) is 17.2. The lowest BCUT2D eigenvalue weighted by Gasteiger charge is -2.36. The summed E-state index contributed by atoms with van der Waals surface area (Å²) in [5.41, 5.74) is 2.21. The Labute approximate surface area is 158 Å². The first-order valence-corrected chi connectivity index (χ1v) is 9.25. The predicted molar refractivity (Wildman–Crippen MR) is 100 cm³/mol. The largest absolute Gasteiger partial charge is 0.340 e. The Balaban J connectivity index is 0.00000208. The molecule has 3 rings (SSSR count). The van der Waals surface area contributed by atoms with Crippen molar-refractivity contribution >= 4 is 34.2 Å². The number of likely N-dealkylation sites (tertiary alicyclic amines) is 1. The van der Waals surface area contributed by atoms with E-state index in [0.717, 1.165) is 68.8 Å². The highest BCUT2D eigenvalue weighted by atomic mass is 79.9. The van der Waals surface area contributed by atoms with Crippen LogP contribution in [0.15, 0.2) is 4.47 Å². The summed E-state index contributed by atoms with van der Waals surface area (Å²) in [5.74, 6) is 0.492. The highest BCUT2D eigenvalue weighted by Gasteiger charge is 2.30. The van der Waals surface area contributed by atoms with Gasteiger partial charge in [-0.2, -0.15) is 5.10 Å². The summed E-state index contributed by atoms with van der Waals surface area (Å²) < 4.78 is 3.04. The first-order valence-electron chi connectivity index (χ1n) is 8.46. The first-order chi connectivity index (χ1) is 11.1. The molecule has 0 saturated carbocycles. The van der Waals surface area contributed by atoms with Gasteiger partial charge >= 0.3 is 0 Å². The van der Waals surface area contributed by atoms with E-state index in [-0.39, 0.29) is 18.3 Å². The molecule has 3 heterocycles. The van der Waals surface area contributed by atoms with Crippen LogP contribution in [0.25, 0.3) is 0 Å². The Kier molecular flexibility index (Phi) is 7.10. The third-order valence-corrected chi connectivity index (χ3v) is 5.95. The fourth-order valence-corrected chi connectivity index (χ4v) is 4.07. The van der Waals surface area contributed by atoms with Crippen LogP contribution in [0.4, 0.5) is 0 Å². The van der Waals surface area contributed by atoms with Gasteiger partial charge < -0.3 is 10.2 Å². The van der Waals surface area contributed by atoms with E-state index in [9.17, 15) is 4.79 Å². The topological polar surface area (TPSA) is 53.4 Å². The number of aryl methyl sites for hydroxylation is 2. The summed E-state index contributed by atoms with van der Waals surface area (Å²) in [6, 6.07) is 0. The number of rotatable bonds is 3. The smallest absolute Gasteiger partial charge is 0.227 e. The minimum atomic E-state index is 0. The zero-order valence-electron chi connectivity index (χ0n) is 14.4. The van der Waals surface area contributed by atoms with Gasteiger partial charge in [-0.15, -0.1) is 12.4 Å². The van der Waals surface area contributed by atoms with Crippen molar-refractivity contribution in [2.24, 2.45) is 13.0 Å². The van der Waals surface area contributed by atoms with Crippen LogP contribution in [0.1, 0.15) is 24.2 Å². The quantitative estimate of drug-likeness (QED) is 0.806. The van der Waals surface area contributed by atoms with Gasteiger partial charge in [0.05, 0.1) is 21.8 Å². The van der Waals surface area contributed by atoms with Crippen LogP contribution in [0, 0.1) is 12.8 Å². The van der Waals surface area contributed by atoms with E-state index in [1.165, 1.54) is 5.69 Å². The van der Waals surface area contributed by atoms with Crippen LogP contribution in [0.5, 0.6) is 0 Å². The molecule has 1 unspecified atom stereocenters. The van der Waals surface area contributed by atoms with E-state index >= 15 is 0 Å². The van der Waals surface area contributed by atoms with Crippen molar-refractivity contribution in [3.63, 3.8) is 0 Å². The lowest BCUT2D eigenvalue weighted by molar-refractivity contribution is -0.138. The predicted octanol–water partition coefficient (Wildman–Crippen LogP) is 1.56. The SMILES string of the molecule is Cc1nn(C)c(CN2CCCC(C(=O)N3CCNCC3)C2)c1Br.Cl. The number of piperazine rings is 1. The maximum atomic E-state index is 12.7. The second-order valence-corrected chi connectivity index (χ2v) is 7.41. The average Bonchev–Trinajstić information content (AvgIpc) is 2.81. The number of aromatic nitrogens is 2. The normalized spacial score (nSPS) is 22.3. The number of nitrogens with zero attached hydrogens (tertiary/aromatic N) is 4. The summed E-state index contributed by atoms with van der Waals surface area (Å²) in [6.45, 7) is 8.32. The number of amides is 1. The lowest BCUT2D eigenvalue weighted by Crippen LogP contribution is -2.51. The first kappa shape index (κ1) is 19.7. The van der Waals surface area contributed by atoms with E-state index in [1.807, 2.05) is 23.6 Å². The Morgan fingerprint density at radius 2 is 2.04 bits per heavy atom. The van der Waals surface area contributed by atoms with E-state index in [2.05, 4.69) is 31.2 Å². The molecular weight excluding hydrogens is 394 g/mol. The van der Waals surface area contributed by atoms with Crippen LogP contribution >= 0.6 is 28.3 Å². The molecule has 136 valence electrons. The Morgan fingerprint density at radius 3 is 2.67 bits per heavy atom. The molecule has 0 bridgehead atoms. The molecule has 1 aromatic rings. The molecule has 0 radical (unpaired) electrons. The molecule has 24 heavy (non-hydrogen) atoms. The van der Waals surface area contributed by atoms with E-state index < -0.39 is 0 Å². The standard InChI is InChI=1S/C16H26BrN5O.ClH/c1-12-15(17)14(20(2)19-12)11-21-7-3-4-13(10-21)16(23)22-8-5-18-6-9-22;/h13,18H,3-11H2,1-2H3;1H. The fraction of sp³-hybridized carbons (Fsp3) is 0.750. The molecule has 1 atom stereocenters. The highest BCUT2D eigenvalue weighted by Crippen LogP contribution is 2.25. The minimum absolute atomic E-state index is 0. The maximum absolute atomic E-state index is 12.7. The van der Waals surface area contributed by atoms with Gasteiger partial charge in [0.2, 0.25) is 5.91 Å². The minimum Gasteiger partial charge on any atom is -0.340 e. The van der Waals surface area contributed by atoms with Crippen LogP contribution in [-0.4, -0.2) is 64.8 Å². The summed E-state index contributed by atoms with van der Waals surface area (Å²) in [6.07, 6.45) is 2.11. The third-order valence-electron chi connectivity index (χ3n) is 4.92. The van der Waals surface area contributed by atoms with Crippen LogP contribution in [0.2, 0.25) is 0 Å². The van der Waals surface area contributed by atoms with E-state index in [0.29, 0.717) is 5.91 Å². The van der Waals surface area contributed by atoms with Gasteiger partial charge in [0.25, 0.3) is 0 Å².